The van der Waals surface area contributed by atoms with Gasteiger partial charge in [0.15, 0.2) is 5.65 Å². The Morgan fingerprint density at radius 2 is 2.26 bits per heavy atom. The van der Waals surface area contributed by atoms with Gasteiger partial charge < -0.3 is 10.1 Å². The number of amides is 1. The number of halogens is 1. The molecule has 0 aliphatic heterocycles. The van der Waals surface area contributed by atoms with E-state index in [1.807, 2.05) is 0 Å². The number of aromatic nitrogens is 4. The molecular formula is C21H20ClN5O3S. The first-order chi connectivity index (χ1) is 14.9. The summed E-state index contributed by atoms with van der Waals surface area (Å²) in [6.45, 7) is 2.04. The number of fused-ring (bicyclic) bond motifs is 5. The van der Waals surface area contributed by atoms with Crippen molar-refractivity contribution in [2.75, 3.05) is 12.4 Å². The zero-order chi connectivity index (χ0) is 21.7. The molecule has 0 bridgehead atoms. The van der Waals surface area contributed by atoms with Gasteiger partial charge in [0, 0.05) is 10.6 Å². The molecule has 10 heteroatoms. The zero-order valence-electron chi connectivity index (χ0n) is 17.0. The number of hydrogen-bond acceptors (Lipinski definition) is 6. The van der Waals surface area contributed by atoms with Crippen molar-refractivity contribution in [1.29, 1.82) is 0 Å². The van der Waals surface area contributed by atoms with Crippen LogP contribution < -0.4 is 15.7 Å². The molecule has 0 saturated heterocycles. The fourth-order valence-corrected chi connectivity index (χ4v) is 5.65. The highest BCUT2D eigenvalue weighted by Gasteiger charge is 2.24. The van der Waals surface area contributed by atoms with Crippen LogP contribution in [0, 0.1) is 5.92 Å². The molecule has 1 amide bonds. The standard InChI is InChI=1S/C21H20ClN5O3S/c1-11-3-5-13-16(7-11)31-20-18(13)19-25-27(21(29)26(19)10-23-20)9-17(28)24-12-4-6-15(30-2)14(22)8-12/h4,6,8,10-11H,3,5,7,9H2,1-2H3,(H,24,28)/t11-/m0/s1. The van der Waals surface area contributed by atoms with Crippen molar-refractivity contribution in [3.05, 3.63) is 50.5 Å². The molecule has 3 aromatic heterocycles. The van der Waals surface area contributed by atoms with E-state index in [0.717, 1.165) is 29.5 Å². The van der Waals surface area contributed by atoms with Crippen LogP contribution in [0.5, 0.6) is 5.75 Å². The minimum absolute atomic E-state index is 0.213. The van der Waals surface area contributed by atoms with E-state index in [0.29, 0.717) is 28.0 Å². The maximum Gasteiger partial charge on any atom is 0.352 e. The lowest BCUT2D eigenvalue weighted by Crippen LogP contribution is -2.28. The summed E-state index contributed by atoms with van der Waals surface area (Å²) in [5.74, 6) is 0.782. The normalized spacial score (nSPS) is 15.9. The molecule has 5 rings (SSSR count). The lowest BCUT2D eigenvalue weighted by atomic mass is 9.89. The average molecular weight is 458 g/mol. The highest BCUT2D eigenvalue weighted by molar-refractivity contribution is 7.19. The Balaban J connectivity index is 1.47. The summed E-state index contributed by atoms with van der Waals surface area (Å²) in [6.07, 6.45) is 4.59. The molecule has 0 fully saturated rings. The van der Waals surface area contributed by atoms with Gasteiger partial charge in [0.05, 0.1) is 17.5 Å². The van der Waals surface area contributed by atoms with E-state index in [4.69, 9.17) is 16.3 Å². The molecule has 4 aromatic rings. The minimum atomic E-state index is -0.392. The molecule has 160 valence electrons. The van der Waals surface area contributed by atoms with Crippen LogP contribution in [0.2, 0.25) is 5.02 Å². The summed E-state index contributed by atoms with van der Waals surface area (Å²) in [7, 11) is 1.52. The molecule has 0 saturated carbocycles. The number of anilines is 1. The van der Waals surface area contributed by atoms with E-state index in [9.17, 15) is 9.59 Å². The van der Waals surface area contributed by atoms with Gasteiger partial charge in [-0.1, -0.05) is 18.5 Å². The lowest BCUT2D eigenvalue weighted by Gasteiger charge is -2.17. The van der Waals surface area contributed by atoms with Crippen molar-refractivity contribution in [3.63, 3.8) is 0 Å². The number of carbonyl (C=O) groups excluding carboxylic acids is 1. The Morgan fingerprint density at radius 1 is 1.42 bits per heavy atom. The highest BCUT2D eigenvalue weighted by Crippen LogP contribution is 2.38. The van der Waals surface area contributed by atoms with Gasteiger partial charge >= 0.3 is 5.69 Å². The number of ether oxygens (including phenoxy) is 1. The van der Waals surface area contributed by atoms with E-state index in [2.05, 4.69) is 22.3 Å². The van der Waals surface area contributed by atoms with Gasteiger partial charge in [0.1, 0.15) is 23.5 Å². The number of methoxy groups -OCH3 is 1. The number of nitrogens with zero attached hydrogens (tertiary/aromatic N) is 4. The Kier molecular flexibility index (Phi) is 4.94. The van der Waals surface area contributed by atoms with Crippen molar-refractivity contribution < 1.29 is 9.53 Å². The van der Waals surface area contributed by atoms with Crippen LogP contribution in [0.1, 0.15) is 23.8 Å². The molecule has 1 N–H and O–H groups in total. The van der Waals surface area contributed by atoms with Gasteiger partial charge in [-0.2, -0.15) is 0 Å². The van der Waals surface area contributed by atoms with E-state index in [1.165, 1.54) is 33.0 Å². The van der Waals surface area contributed by atoms with Crippen LogP contribution in [0.4, 0.5) is 5.69 Å². The fraction of sp³-hybridized carbons (Fsp3) is 0.333. The maximum atomic E-state index is 12.8. The number of nitrogens with one attached hydrogen (secondary N) is 1. The first-order valence-corrected chi connectivity index (χ1v) is 11.2. The van der Waals surface area contributed by atoms with E-state index in [1.54, 1.807) is 29.5 Å². The van der Waals surface area contributed by atoms with E-state index >= 15 is 0 Å². The third-order valence-electron chi connectivity index (χ3n) is 5.61. The molecule has 3 heterocycles. The highest BCUT2D eigenvalue weighted by atomic mass is 35.5. The van der Waals surface area contributed by atoms with Crippen molar-refractivity contribution in [2.45, 2.75) is 32.7 Å². The molecule has 0 spiro atoms. The predicted octanol–water partition coefficient (Wildman–Crippen LogP) is 3.53. The van der Waals surface area contributed by atoms with Gasteiger partial charge in [-0.05, 0) is 48.9 Å². The second kappa shape index (κ2) is 7.65. The lowest BCUT2D eigenvalue weighted by molar-refractivity contribution is -0.117. The van der Waals surface area contributed by atoms with E-state index < -0.39 is 5.69 Å². The Bertz CT molecular complexity index is 1390. The monoisotopic (exact) mass is 457 g/mol. The topological polar surface area (TPSA) is 90.5 Å². The van der Waals surface area contributed by atoms with Gasteiger partial charge in [0.25, 0.3) is 0 Å². The number of rotatable bonds is 4. The first-order valence-electron chi connectivity index (χ1n) is 9.96. The minimum Gasteiger partial charge on any atom is -0.495 e. The molecule has 1 aliphatic carbocycles. The van der Waals surface area contributed by atoms with Gasteiger partial charge in [-0.3, -0.25) is 4.79 Å². The smallest absolute Gasteiger partial charge is 0.352 e. The maximum absolute atomic E-state index is 12.8. The van der Waals surface area contributed by atoms with Crippen LogP contribution in [0.3, 0.4) is 0 Å². The molecule has 31 heavy (non-hydrogen) atoms. The molecular weight excluding hydrogens is 438 g/mol. The average Bonchev–Trinajstić information content (AvgIpc) is 3.25. The Morgan fingerprint density at radius 3 is 3.03 bits per heavy atom. The van der Waals surface area contributed by atoms with Crippen LogP contribution in [0.25, 0.3) is 15.9 Å². The molecule has 1 aromatic carbocycles. The van der Waals surface area contributed by atoms with Crippen molar-refractivity contribution in [2.24, 2.45) is 5.92 Å². The SMILES string of the molecule is COc1ccc(NC(=O)Cn2nc3c4c5c(sc4ncn3c2=O)C[C@@H](C)CC5)cc1Cl. The number of hydrogen-bond donors (Lipinski definition) is 1. The largest absolute Gasteiger partial charge is 0.495 e. The van der Waals surface area contributed by atoms with E-state index in [-0.39, 0.29) is 12.5 Å². The van der Waals surface area contributed by atoms with Crippen LogP contribution >= 0.6 is 22.9 Å². The Hall–Kier alpha value is -2.91. The molecule has 1 aliphatic rings. The fourth-order valence-electron chi connectivity index (χ4n) is 4.05. The zero-order valence-corrected chi connectivity index (χ0v) is 18.6. The molecule has 8 nitrogen and oxygen atoms in total. The van der Waals surface area contributed by atoms with Gasteiger partial charge in [0.2, 0.25) is 5.91 Å². The van der Waals surface area contributed by atoms with Crippen LogP contribution in [0.15, 0.2) is 29.3 Å². The van der Waals surface area contributed by atoms with Crippen molar-refractivity contribution in [3.8, 4) is 5.75 Å². The molecule has 0 radical (unpaired) electrons. The third kappa shape index (κ3) is 3.47. The summed E-state index contributed by atoms with van der Waals surface area (Å²) in [4.78, 5) is 32.1. The number of thiophene rings is 1. The molecule has 0 unspecified atom stereocenters. The Labute approximate surface area is 186 Å². The summed E-state index contributed by atoms with van der Waals surface area (Å²) >= 11 is 7.79. The summed E-state index contributed by atoms with van der Waals surface area (Å²) < 4.78 is 7.71. The van der Waals surface area contributed by atoms with Crippen LogP contribution in [-0.2, 0) is 24.2 Å². The second-order valence-corrected chi connectivity index (χ2v) is 9.30. The first kappa shape index (κ1) is 20.0. The second-order valence-electron chi connectivity index (χ2n) is 7.81. The van der Waals surface area contributed by atoms with Gasteiger partial charge in [-0.15, -0.1) is 16.4 Å². The van der Waals surface area contributed by atoms with Crippen molar-refractivity contribution >= 4 is 50.4 Å². The summed E-state index contributed by atoms with van der Waals surface area (Å²) in [5, 5.41) is 8.55. The predicted molar refractivity (Wildman–Crippen MR) is 120 cm³/mol. The number of benzene rings is 1. The van der Waals surface area contributed by atoms with Gasteiger partial charge in [-0.25, -0.2) is 18.9 Å². The quantitative estimate of drug-likeness (QED) is 0.506. The number of aryl methyl sites for hydroxylation is 1. The van der Waals surface area contributed by atoms with Crippen molar-refractivity contribution in [1.82, 2.24) is 19.2 Å². The summed E-state index contributed by atoms with van der Waals surface area (Å²) in [6, 6.07) is 4.94. The third-order valence-corrected chi connectivity index (χ3v) is 7.06. The summed E-state index contributed by atoms with van der Waals surface area (Å²) in [5.41, 5.74) is 1.92. The number of carbonyl (C=O) groups is 1. The van der Waals surface area contributed by atoms with Crippen LogP contribution in [-0.4, -0.2) is 32.2 Å². The molecule has 1 atom stereocenters.